The van der Waals surface area contributed by atoms with Gasteiger partial charge in [0.15, 0.2) is 5.69 Å². The fraction of sp³-hybridized carbons (Fsp3) is 0.200. The maximum Gasteiger partial charge on any atom is 0.278 e. The van der Waals surface area contributed by atoms with Crippen LogP contribution in [0.5, 0.6) is 0 Å². The van der Waals surface area contributed by atoms with Gasteiger partial charge in [0.2, 0.25) is 5.91 Å². The highest BCUT2D eigenvalue weighted by Gasteiger charge is 2.19. The maximum atomic E-state index is 12.5. The van der Waals surface area contributed by atoms with Crippen molar-refractivity contribution in [1.82, 2.24) is 15.0 Å². The summed E-state index contributed by atoms with van der Waals surface area (Å²) in [4.78, 5) is 25.0. The number of anilines is 2. The standard InChI is InChI=1S/C20H19Cl2N5O2/c1-11-5-4-6-16(12(11)2)23-18(28)10-27-13(3)19(25-26-27)20(29)24-17-9-14(21)7-8-15(17)22/h4-9H,10H2,1-3H3,(H,23,28)(H,24,29). The lowest BCUT2D eigenvalue weighted by molar-refractivity contribution is -0.117. The fourth-order valence-electron chi connectivity index (χ4n) is 2.71. The zero-order chi connectivity index (χ0) is 21.1. The van der Waals surface area contributed by atoms with Gasteiger partial charge in [-0.25, -0.2) is 4.68 Å². The number of aromatic nitrogens is 3. The van der Waals surface area contributed by atoms with E-state index in [-0.39, 0.29) is 18.1 Å². The van der Waals surface area contributed by atoms with Gasteiger partial charge in [-0.3, -0.25) is 9.59 Å². The van der Waals surface area contributed by atoms with Crippen LogP contribution >= 0.6 is 23.2 Å². The average Bonchev–Trinajstić information content (AvgIpc) is 3.02. The number of halogens is 2. The van der Waals surface area contributed by atoms with Crippen molar-refractivity contribution in [2.75, 3.05) is 10.6 Å². The molecule has 3 rings (SSSR count). The number of carbonyl (C=O) groups excluding carboxylic acids is 2. The van der Waals surface area contributed by atoms with Gasteiger partial charge in [-0.15, -0.1) is 5.10 Å². The second kappa shape index (κ2) is 8.63. The van der Waals surface area contributed by atoms with Crippen LogP contribution < -0.4 is 10.6 Å². The molecule has 2 N–H and O–H groups in total. The predicted molar refractivity (Wildman–Crippen MR) is 114 cm³/mol. The quantitative estimate of drug-likeness (QED) is 0.626. The molecule has 3 aromatic rings. The Morgan fingerprint density at radius 3 is 2.55 bits per heavy atom. The number of nitrogens with one attached hydrogen (secondary N) is 2. The minimum absolute atomic E-state index is 0.0720. The number of nitrogens with zero attached hydrogens (tertiary/aromatic N) is 3. The molecule has 0 unspecified atom stereocenters. The van der Waals surface area contributed by atoms with E-state index in [2.05, 4.69) is 20.9 Å². The Kier molecular flexibility index (Phi) is 6.20. The lowest BCUT2D eigenvalue weighted by Gasteiger charge is -2.11. The van der Waals surface area contributed by atoms with Gasteiger partial charge in [-0.1, -0.05) is 40.5 Å². The minimum Gasteiger partial charge on any atom is -0.324 e. The minimum atomic E-state index is -0.493. The third kappa shape index (κ3) is 4.75. The number of hydrogen-bond donors (Lipinski definition) is 2. The highest BCUT2D eigenvalue weighted by Crippen LogP contribution is 2.26. The Labute approximate surface area is 178 Å². The molecular weight excluding hydrogens is 413 g/mol. The van der Waals surface area contributed by atoms with Crippen molar-refractivity contribution in [2.24, 2.45) is 0 Å². The summed E-state index contributed by atoms with van der Waals surface area (Å²) >= 11 is 12.0. The van der Waals surface area contributed by atoms with Gasteiger partial charge < -0.3 is 10.6 Å². The van der Waals surface area contributed by atoms with Gasteiger partial charge in [0, 0.05) is 10.7 Å². The van der Waals surface area contributed by atoms with E-state index in [0.29, 0.717) is 21.4 Å². The number of carbonyl (C=O) groups is 2. The lowest BCUT2D eigenvalue weighted by atomic mass is 10.1. The number of rotatable bonds is 5. The van der Waals surface area contributed by atoms with Crippen LogP contribution in [0.3, 0.4) is 0 Å². The van der Waals surface area contributed by atoms with E-state index >= 15 is 0 Å². The molecular formula is C20H19Cl2N5O2. The Morgan fingerprint density at radius 1 is 1.03 bits per heavy atom. The van der Waals surface area contributed by atoms with Gasteiger partial charge in [-0.05, 0) is 56.2 Å². The zero-order valence-electron chi connectivity index (χ0n) is 16.1. The highest BCUT2D eigenvalue weighted by molar-refractivity contribution is 6.35. The Balaban J connectivity index is 1.71. The molecule has 2 amide bonds. The first kappa shape index (κ1) is 20.8. The van der Waals surface area contributed by atoms with Crippen LogP contribution in [0.25, 0.3) is 0 Å². The van der Waals surface area contributed by atoms with Crippen LogP contribution in [0, 0.1) is 20.8 Å². The topological polar surface area (TPSA) is 88.9 Å². The number of aryl methyl sites for hydroxylation is 1. The van der Waals surface area contributed by atoms with Crippen LogP contribution in [0.1, 0.15) is 27.3 Å². The first-order valence-corrected chi connectivity index (χ1v) is 9.54. The largest absolute Gasteiger partial charge is 0.324 e. The Bertz CT molecular complexity index is 1090. The van der Waals surface area contributed by atoms with E-state index < -0.39 is 5.91 Å². The first-order chi connectivity index (χ1) is 13.8. The molecule has 0 aliphatic heterocycles. The van der Waals surface area contributed by atoms with Gasteiger partial charge in [0.25, 0.3) is 5.91 Å². The number of amides is 2. The number of benzene rings is 2. The van der Waals surface area contributed by atoms with E-state index in [9.17, 15) is 9.59 Å². The highest BCUT2D eigenvalue weighted by atomic mass is 35.5. The molecule has 1 heterocycles. The van der Waals surface area contributed by atoms with Crippen molar-refractivity contribution < 1.29 is 9.59 Å². The molecule has 29 heavy (non-hydrogen) atoms. The van der Waals surface area contributed by atoms with Crippen molar-refractivity contribution in [2.45, 2.75) is 27.3 Å². The van der Waals surface area contributed by atoms with Crippen LogP contribution in [0.15, 0.2) is 36.4 Å². The average molecular weight is 432 g/mol. The predicted octanol–water partition coefficient (Wildman–Crippen LogP) is 4.40. The zero-order valence-corrected chi connectivity index (χ0v) is 17.6. The molecule has 0 saturated heterocycles. The molecule has 150 valence electrons. The lowest BCUT2D eigenvalue weighted by Crippen LogP contribution is -2.21. The molecule has 7 nitrogen and oxygen atoms in total. The molecule has 0 fully saturated rings. The smallest absolute Gasteiger partial charge is 0.278 e. The van der Waals surface area contributed by atoms with Crippen molar-refractivity contribution >= 4 is 46.4 Å². The summed E-state index contributed by atoms with van der Waals surface area (Å²) in [5.41, 5.74) is 3.73. The van der Waals surface area contributed by atoms with E-state index in [1.807, 2.05) is 32.0 Å². The molecule has 2 aromatic carbocycles. The summed E-state index contributed by atoms with van der Waals surface area (Å²) in [6.45, 7) is 5.51. The molecule has 9 heteroatoms. The third-order valence-corrected chi connectivity index (χ3v) is 5.11. The molecule has 0 radical (unpaired) electrons. The fourth-order valence-corrected chi connectivity index (χ4v) is 3.04. The maximum absolute atomic E-state index is 12.5. The molecule has 0 spiro atoms. The molecule has 0 aliphatic carbocycles. The first-order valence-electron chi connectivity index (χ1n) is 8.79. The number of hydrogen-bond acceptors (Lipinski definition) is 4. The second-order valence-electron chi connectivity index (χ2n) is 6.56. The van der Waals surface area contributed by atoms with Crippen molar-refractivity contribution in [1.29, 1.82) is 0 Å². The van der Waals surface area contributed by atoms with Gasteiger partial charge in [0.1, 0.15) is 6.54 Å². The summed E-state index contributed by atoms with van der Waals surface area (Å²) in [5, 5.41) is 14.1. The van der Waals surface area contributed by atoms with Gasteiger partial charge in [0.05, 0.1) is 16.4 Å². The molecule has 0 bridgehead atoms. The summed E-state index contributed by atoms with van der Waals surface area (Å²) in [5.74, 6) is -0.760. The monoisotopic (exact) mass is 431 g/mol. The van der Waals surface area contributed by atoms with E-state index in [1.54, 1.807) is 25.1 Å². The van der Waals surface area contributed by atoms with Gasteiger partial charge >= 0.3 is 0 Å². The van der Waals surface area contributed by atoms with Crippen LogP contribution in [0.4, 0.5) is 11.4 Å². The van der Waals surface area contributed by atoms with Crippen LogP contribution in [-0.2, 0) is 11.3 Å². The van der Waals surface area contributed by atoms with Crippen LogP contribution in [-0.4, -0.2) is 26.8 Å². The Morgan fingerprint density at radius 2 is 1.79 bits per heavy atom. The third-order valence-electron chi connectivity index (χ3n) is 4.55. The van der Waals surface area contributed by atoms with Crippen LogP contribution in [0.2, 0.25) is 10.0 Å². The molecule has 0 saturated carbocycles. The van der Waals surface area contributed by atoms with Crippen molar-refractivity contribution in [3.8, 4) is 0 Å². The Hall–Kier alpha value is -2.90. The van der Waals surface area contributed by atoms with Gasteiger partial charge in [-0.2, -0.15) is 0 Å². The van der Waals surface area contributed by atoms with E-state index in [0.717, 1.165) is 16.8 Å². The SMILES string of the molecule is Cc1cccc(NC(=O)Cn2nnc(C(=O)Nc3cc(Cl)ccc3Cl)c2C)c1C. The normalized spacial score (nSPS) is 10.7. The molecule has 1 aromatic heterocycles. The van der Waals surface area contributed by atoms with E-state index in [4.69, 9.17) is 23.2 Å². The second-order valence-corrected chi connectivity index (χ2v) is 7.40. The summed E-state index contributed by atoms with van der Waals surface area (Å²) in [6.07, 6.45) is 0. The van der Waals surface area contributed by atoms with Crippen molar-refractivity contribution in [3.05, 3.63) is 69.0 Å². The molecule has 0 atom stereocenters. The summed E-state index contributed by atoms with van der Waals surface area (Å²) in [7, 11) is 0. The summed E-state index contributed by atoms with van der Waals surface area (Å²) in [6, 6.07) is 10.4. The van der Waals surface area contributed by atoms with E-state index in [1.165, 1.54) is 4.68 Å². The molecule has 0 aliphatic rings. The summed E-state index contributed by atoms with van der Waals surface area (Å²) < 4.78 is 1.37. The van der Waals surface area contributed by atoms with Crippen molar-refractivity contribution in [3.63, 3.8) is 0 Å².